The van der Waals surface area contributed by atoms with Crippen molar-refractivity contribution in [2.45, 2.75) is 6.54 Å². The fourth-order valence-corrected chi connectivity index (χ4v) is 3.25. The Morgan fingerprint density at radius 2 is 2.05 bits per heavy atom. The van der Waals surface area contributed by atoms with Crippen LogP contribution in [0.3, 0.4) is 0 Å². The average molecular weight is 284 g/mol. The number of methoxy groups -OCH3 is 1. The number of anilines is 1. The first-order valence-corrected chi connectivity index (χ1v) is 7.33. The second kappa shape index (κ2) is 5.51. The fraction of sp³-hybridized carbons (Fsp3) is 0.188. The van der Waals surface area contributed by atoms with Gasteiger partial charge in [-0.25, -0.2) is 4.98 Å². The Morgan fingerprint density at radius 1 is 1.20 bits per heavy atom. The number of para-hydroxylation sites is 1. The monoisotopic (exact) mass is 284 g/mol. The van der Waals surface area contributed by atoms with Crippen LogP contribution in [0.4, 0.5) is 5.82 Å². The Kier molecular flexibility index (Phi) is 3.56. The number of nitrogens with zero attached hydrogens (tertiary/aromatic N) is 2. The Balaban J connectivity index is 1.93. The molecule has 0 unspecified atom stereocenters. The van der Waals surface area contributed by atoms with Gasteiger partial charge >= 0.3 is 0 Å². The smallest absolute Gasteiger partial charge is 0.146 e. The van der Waals surface area contributed by atoms with Gasteiger partial charge in [0.1, 0.15) is 11.6 Å². The predicted octanol–water partition coefficient (Wildman–Crippen LogP) is 3.94. The minimum atomic E-state index is 0.772. The van der Waals surface area contributed by atoms with Crippen LogP contribution in [-0.2, 0) is 6.54 Å². The van der Waals surface area contributed by atoms with Gasteiger partial charge in [0.2, 0.25) is 0 Å². The largest absolute Gasteiger partial charge is 0.496 e. The maximum absolute atomic E-state index is 5.41. The van der Waals surface area contributed by atoms with Gasteiger partial charge in [0.05, 0.1) is 11.8 Å². The van der Waals surface area contributed by atoms with Crippen LogP contribution in [0.5, 0.6) is 5.75 Å². The quantitative estimate of drug-likeness (QED) is 0.725. The second-order valence-electron chi connectivity index (χ2n) is 4.64. The number of aromatic nitrogens is 1. The van der Waals surface area contributed by atoms with E-state index in [1.807, 2.05) is 30.5 Å². The summed E-state index contributed by atoms with van der Waals surface area (Å²) < 4.78 is 6.64. The molecule has 0 atom stereocenters. The molecule has 0 saturated heterocycles. The van der Waals surface area contributed by atoms with E-state index in [1.165, 1.54) is 10.1 Å². The summed E-state index contributed by atoms with van der Waals surface area (Å²) in [5, 5.41) is 3.35. The summed E-state index contributed by atoms with van der Waals surface area (Å²) in [5.74, 6) is 1.93. The van der Waals surface area contributed by atoms with Gasteiger partial charge in [-0.15, -0.1) is 11.3 Å². The van der Waals surface area contributed by atoms with Crippen LogP contribution in [0.25, 0.3) is 10.1 Å². The molecule has 0 aliphatic heterocycles. The van der Waals surface area contributed by atoms with Crippen LogP contribution in [0.15, 0.2) is 48.0 Å². The van der Waals surface area contributed by atoms with Gasteiger partial charge in [-0.05, 0) is 29.0 Å². The normalized spacial score (nSPS) is 10.7. The first-order valence-electron chi connectivity index (χ1n) is 6.45. The molecule has 1 aromatic carbocycles. The zero-order chi connectivity index (χ0) is 13.9. The van der Waals surface area contributed by atoms with Crippen molar-refractivity contribution in [2.75, 3.05) is 19.1 Å². The first-order chi connectivity index (χ1) is 9.79. The number of fused-ring (bicyclic) bond motifs is 1. The summed E-state index contributed by atoms with van der Waals surface area (Å²) in [6.45, 7) is 0.772. The van der Waals surface area contributed by atoms with E-state index in [4.69, 9.17) is 4.74 Å². The number of hydrogen-bond acceptors (Lipinski definition) is 4. The summed E-state index contributed by atoms with van der Waals surface area (Å²) in [5.41, 5.74) is 1.16. The highest BCUT2D eigenvalue weighted by Gasteiger charge is 2.11. The van der Waals surface area contributed by atoms with Gasteiger partial charge in [-0.3, -0.25) is 0 Å². The molecule has 20 heavy (non-hydrogen) atoms. The minimum Gasteiger partial charge on any atom is -0.496 e. The summed E-state index contributed by atoms with van der Waals surface area (Å²) in [6, 6.07) is 12.3. The van der Waals surface area contributed by atoms with Crippen LogP contribution >= 0.6 is 11.3 Å². The van der Waals surface area contributed by atoms with Crippen molar-refractivity contribution in [2.24, 2.45) is 0 Å². The lowest BCUT2D eigenvalue weighted by molar-refractivity contribution is 0.409. The van der Waals surface area contributed by atoms with Gasteiger partial charge in [-0.2, -0.15) is 0 Å². The van der Waals surface area contributed by atoms with Crippen LogP contribution in [0.1, 0.15) is 5.56 Å². The van der Waals surface area contributed by atoms with Gasteiger partial charge in [-0.1, -0.05) is 18.2 Å². The van der Waals surface area contributed by atoms with Crippen molar-refractivity contribution in [3.05, 3.63) is 53.5 Å². The number of benzene rings is 1. The van der Waals surface area contributed by atoms with Crippen LogP contribution in [-0.4, -0.2) is 19.1 Å². The molecular formula is C16H16N2OS. The maximum Gasteiger partial charge on any atom is 0.146 e. The van der Waals surface area contributed by atoms with Gasteiger partial charge in [0.15, 0.2) is 0 Å². The molecule has 0 spiro atoms. The number of hydrogen-bond donors (Lipinski definition) is 0. The zero-order valence-corrected chi connectivity index (χ0v) is 12.4. The Hall–Kier alpha value is -2.07. The summed E-state index contributed by atoms with van der Waals surface area (Å²) >= 11 is 1.73. The van der Waals surface area contributed by atoms with E-state index in [9.17, 15) is 0 Å². The zero-order valence-electron chi connectivity index (χ0n) is 11.5. The number of rotatable bonds is 4. The van der Waals surface area contributed by atoms with E-state index in [2.05, 4.69) is 34.4 Å². The van der Waals surface area contributed by atoms with Crippen molar-refractivity contribution < 1.29 is 4.74 Å². The fourth-order valence-electron chi connectivity index (χ4n) is 2.31. The average Bonchev–Trinajstić information content (AvgIpc) is 2.96. The molecule has 3 aromatic rings. The molecule has 0 radical (unpaired) electrons. The SMILES string of the molecule is COc1ccccc1CN(C)c1nccc2ccsc12. The van der Waals surface area contributed by atoms with Crippen LogP contribution < -0.4 is 9.64 Å². The van der Waals surface area contributed by atoms with Crippen molar-refractivity contribution in [3.63, 3.8) is 0 Å². The van der Waals surface area contributed by atoms with Crippen LogP contribution in [0.2, 0.25) is 0 Å². The van der Waals surface area contributed by atoms with E-state index >= 15 is 0 Å². The number of ether oxygens (including phenoxy) is 1. The third-order valence-corrected chi connectivity index (χ3v) is 4.24. The van der Waals surface area contributed by atoms with Crippen molar-refractivity contribution in [3.8, 4) is 5.75 Å². The molecule has 0 amide bonds. The van der Waals surface area contributed by atoms with Gasteiger partial charge in [0, 0.05) is 25.4 Å². The molecule has 0 bridgehead atoms. The second-order valence-corrected chi connectivity index (χ2v) is 5.56. The highest BCUT2D eigenvalue weighted by molar-refractivity contribution is 7.17. The van der Waals surface area contributed by atoms with Gasteiger partial charge in [0.25, 0.3) is 0 Å². The topological polar surface area (TPSA) is 25.4 Å². The first kappa shape index (κ1) is 12.9. The lowest BCUT2D eigenvalue weighted by Gasteiger charge is -2.20. The Labute approximate surface area is 122 Å². The predicted molar refractivity (Wildman–Crippen MR) is 84.7 cm³/mol. The van der Waals surface area contributed by atoms with E-state index in [0.717, 1.165) is 23.7 Å². The molecule has 2 aromatic heterocycles. The highest BCUT2D eigenvalue weighted by atomic mass is 32.1. The molecule has 0 aliphatic rings. The van der Waals surface area contributed by atoms with E-state index < -0.39 is 0 Å². The number of pyridine rings is 1. The minimum absolute atomic E-state index is 0.772. The van der Waals surface area contributed by atoms with E-state index in [0.29, 0.717) is 0 Å². The molecular weight excluding hydrogens is 268 g/mol. The Morgan fingerprint density at radius 3 is 2.90 bits per heavy atom. The number of thiophene rings is 1. The van der Waals surface area contributed by atoms with E-state index in [-0.39, 0.29) is 0 Å². The van der Waals surface area contributed by atoms with E-state index in [1.54, 1.807) is 18.4 Å². The lowest BCUT2D eigenvalue weighted by Crippen LogP contribution is -2.18. The molecule has 0 aliphatic carbocycles. The molecule has 3 rings (SSSR count). The molecule has 3 nitrogen and oxygen atoms in total. The standard InChI is InChI=1S/C16H16N2OS/c1-18(11-13-5-3-4-6-14(13)19-2)16-15-12(7-9-17-16)8-10-20-15/h3-10H,11H2,1-2H3. The summed E-state index contributed by atoms with van der Waals surface area (Å²) in [6.07, 6.45) is 1.86. The maximum atomic E-state index is 5.41. The molecule has 102 valence electrons. The van der Waals surface area contributed by atoms with Crippen molar-refractivity contribution >= 4 is 27.2 Å². The summed E-state index contributed by atoms with van der Waals surface area (Å²) in [4.78, 5) is 6.69. The lowest BCUT2D eigenvalue weighted by atomic mass is 10.2. The molecule has 4 heteroatoms. The third kappa shape index (κ3) is 2.34. The summed E-state index contributed by atoms with van der Waals surface area (Å²) in [7, 11) is 3.77. The van der Waals surface area contributed by atoms with Gasteiger partial charge < -0.3 is 9.64 Å². The molecule has 0 N–H and O–H groups in total. The molecule has 2 heterocycles. The molecule has 0 saturated carbocycles. The highest BCUT2D eigenvalue weighted by Crippen LogP contribution is 2.30. The molecule has 0 fully saturated rings. The Bertz CT molecular complexity index is 723. The van der Waals surface area contributed by atoms with Crippen molar-refractivity contribution in [1.29, 1.82) is 0 Å². The van der Waals surface area contributed by atoms with Crippen LogP contribution in [0, 0.1) is 0 Å². The van der Waals surface area contributed by atoms with Crippen molar-refractivity contribution in [1.82, 2.24) is 4.98 Å². The third-order valence-electron chi connectivity index (χ3n) is 3.31.